The number of hydrogen-bond acceptors (Lipinski definition) is 7. The zero-order valence-electron chi connectivity index (χ0n) is 18.2. The first-order valence-electron chi connectivity index (χ1n) is 10.6. The lowest BCUT2D eigenvalue weighted by Gasteiger charge is -2.24. The first kappa shape index (κ1) is 22.2. The van der Waals surface area contributed by atoms with Crippen molar-refractivity contribution in [3.8, 4) is 29.3 Å². The number of H-pyrrole nitrogens is 1. The van der Waals surface area contributed by atoms with Gasteiger partial charge in [-0.05, 0) is 18.2 Å². The number of halogens is 1. The third kappa shape index (κ3) is 4.10. The van der Waals surface area contributed by atoms with Crippen LogP contribution in [0.5, 0.6) is 5.88 Å². The Morgan fingerprint density at radius 1 is 1.03 bits per heavy atom. The van der Waals surface area contributed by atoms with Crippen molar-refractivity contribution in [1.29, 1.82) is 10.5 Å². The Labute approximate surface area is 204 Å². The van der Waals surface area contributed by atoms with Gasteiger partial charge < -0.3 is 10.5 Å². The van der Waals surface area contributed by atoms with Gasteiger partial charge in [0.2, 0.25) is 11.8 Å². The van der Waals surface area contributed by atoms with Gasteiger partial charge in [-0.25, -0.2) is 9.37 Å². The number of aromatic nitrogens is 3. The molecular weight excluding hydrogens is 463 g/mol. The molecule has 4 aromatic rings. The number of fused-ring (bicyclic) bond motifs is 1. The predicted molar refractivity (Wildman–Crippen MR) is 128 cm³/mol. The van der Waals surface area contributed by atoms with Gasteiger partial charge in [0.1, 0.15) is 28.6 Å². The lowest BCUT2D eigenvalue weighted by Crippen LogP contribution is -2.21. The molecule has 1 aliphatic heterocycles. The van der Waals surface area contributed by atoms with E-state index < -0.39 is 11.7 Å². The third-order valence-corrected chi connectivity index (χ3v) is 6.66. The maximum atomic E-state index is 14.8. The maximum Gasteiger partial charge on any atom is 0.244 e. The summed E-state index contributed by atoms with van der Waals surface area (Å²) in [7, 11) is 0. The van der Waals surface area contributed by atoms with Gasteiger partial charge in [0.15, 0.2) is 0 Å². The summed E-state index contributed by atoms with van der Waals surface area (Å²) in [6.45, 7) is 0. The number of ether oxygens (including phenoxy) is 1. The molecule has 7 nitrogen and oxygen atoms in total. The van der Waals surface area contributed by atoms with Gasteiger partial charge in [-0.3, -0.25) is 5.10 Å². The average Bonchev–Trinajstić information content (AvgIpc) is 3.29. The number of allylic oxidation sites excluding steroid dienone is 1. The molecule has 0 bridgehead atoms. The summed E-state index contributed by atoms with van der Waals surface area (Å²) in [5.74, 6) is -0.831. The number of aromatic amines is 1. The number of nitrogens with two attached hydrogens (primary N) is 1. The van der Waals surface area contributed by atoms with E-state index in [4.69, 9.17) is 15.5 Å². The van der Waals surface area contributed by atoms with E-state index in [1.807, 2.05) is 36.4 Å². The molecule has 3 heterocycles. The fraction of sp³-hybridized carbons (Fsp3) is 0.0769. The number of benzene rings is 2. The minimum absolute atomic E-state index is 0.108. The molecule has 0 saturated carbocycles. The average molecular weight is 481 g/mol. The molecule has 0 fully saturated rings. The standard InChI is InChI=1S/C26H17FN6OS/c27-19-9-5-4-8-17(19)22-18(13-29)24(30)34-25-23(22)21(32-33-25)14-35-26-16(12-28)10-11-20(31-26)15-6-2-1-3-7-15/h1-11,22H,14,30H2,(H,32,33)/t22-/m0/s1. The summed E-state index contributed by atoms with van der Waals surface area (Å²) < 4.78 is 20.4. The number of nitrogens with zero attached hydrogens (tertiary/aromatic N) is 4. The van der Waals surface area contributed by atoms with Crippen LogP contribution in [-0.2, 0) is 5.75 Å². The smallest absolute Gasteiger partial charge is 0.244 e. The first-order chi connectivity index (χ1) is 17.1. The van der Waals surface area contributed by atoms with E-state index in [0.717, 1.165) is 11.3 Å². The van der Waals surface area contributed by atoms with E-state index >= 15 is 0 Å². The molecule has 0 aliphatic carbocycles. The van der Waals surface area contributed by atoms with Crippen molar-refractivity contribution in [2.75, 3.05) is 0 Å². The van der Waals surface area contributed by atoms with Gasteiger partial charge >= 0.3 is 0 Å². The van der Waals surface area contributed by atoms with Crippen LogP contribution >= 0.6 is 11.8 Å². The van der Waals surface area contributed by atoms with E-state index in [1.165, 1.54) is 17.8 Å². The molecule has 5 rings (SSSR count). The van der Waals surface area contributed by atoms with E-state index in [1.54, 1.807) is 24.3 Å². The van der Waals surface area contributed by atoms with Crippen molar-refractivity contribution in [3.05, 3.63) is 106 Å². The molecule has 9 heteroatoms. The van der Waals surface area contributed by atoms with Crippen LogP contribution in [-0.4, -0.2) is 15.2 Å². The summed E-state index contributed by atoms with van der Waals surface area (Å²) in [6.07, 6.45) is 0. The maximum absolute atomic E-state index is 14.8. The Balaban J connectivity index is 1.52. The Bertz CT molecular complexity index is 1530. The van der Waals surface area contributed by atoms with Crippen molar-refractivity contribution in [2.45, 2.75) is 16.7 Å². The molecular formula is C26H17FN6OS. The molecule has 170 valence electrons. The topological polar surface area (TPSA) is 124 Å². The van der Waals surface area contributed by atoms with Crippen molar-refractivity contribution in [3.63, 3.8) is 0 Å². The highest BCUT2D eigenvalue weighted by molar-refractivity contribution is 7.98. The largest absolute Gasteiger partial charge is 0.420 e. The summed E-state index contributed by atoms with van der Waals surface area (Å²) in [5, 5.41) is 27.1. The van der Waals surface area contributed by atoms with Gasteiger partial charge in [-0.15, -0.1) is 5.10 Å². The lowest BCUT2D eigenvalue weighted by molar-refractivity contribution is 0.378. The summed E-state index contributed by atoms with van der Waals surface area (Å²) in [5.41, 5.74) is 9.65. The molecule has 0 saturated heterocycles. The number of rotatable bonds is 5. The zero-order valence-corrected chi connectivity index (χ0v) is 19.0. The van der Waals surface area contributed by atoms with Crippen LogP contribution in [0.15, 0.2) is 83.2 Å². The molecule has 1 atom stereocenters. The molecule has 2 aromatic carbocycles. The highest BCUT2D eigenvalue weighted by Gasteiger charge is 2.36. The molecule has 0 spiro atoms. The Hall–Kier alpha value is -4.60. The number of hydrogen-bond donors (Lipinski definition) is 2. The SMILES string of the molecule is N#CC1=C(N)Oc2n[nH]c(CSc3nc(-c4ccccc4)ccc3C#N)c2[C@H]1c1ccccc1F. The number of nitriles is 2. The predicted octanol–water partition coefficient (Wildman–Crippen LogP) is 4.99. The van der Waals surface area contributed by atoms with Gasteiger partial charge in [0.25, 0.3) is 0 Å². The van der Waals surface area contributed by atoms with E-state index in [9.17, 15) is 14.9 Å². The van der Waals surface area contributed by atoms with Crippen LogP contribution in [0, 0.1) is 28.5 Å². The van der Waals surface area contributed by atoms with Crippen molar-refractivity contribution in [1.82, 2.24) is 15.2 Å². The number of pyridine rings is 1. The summed E-state index contributed by atoms with van der Waals surface area (Å²) in [6, 6.07) is 23.7. The van der Waals surface area contributed by atoms with Crippen LogP contribution in [0.4, 0.5) is 4.39 Å². The van der Waals surface area contributed by atoms with Crippen LogP contribution in [0.3, 0.4) is 0 Å². The number of nitrogens with one attached hydrogen (secondary N) is 1. The van der Waals surface area contributed by atoms with Crippen molar-refractivity contribution in [2.24, 2.45) is 5.73 Å². The van der Waals surface area contributed by atoms with E-state index in [0.29, 0.717) is 33.2 Å². The summed E-state index contributed by atoms with van der Waals surface area (Å²) >= 11 is 1.34. The lowest BCUT2D eigenvalue weighted by atomic mass is 9.84. The molecule has 35 heavy (non-hydrogen) atoms. The molecule has 2 aromatic heterocycles. The van der Waals surface area contributed by atoms with Crippen LogP contribution in [0.25, 0.3) is 11.3 Å². The van der Waals surface area contributed by atoms with Gasteiger partial charge in [-0.1, -0.05) is 60.3 Å². The fourth-order valence-corrected chi connectivity index (χ4v) is 4.92. The normalized spacial score (nSPS) is 14.5. The second-order valence-corrected chi connectivity index (χ2v) is 8.65. The van der Waals surface area contributed by atoms with Gasteiger partial charge in [0, 0.05) is 16.9 Å². The highest BCUT2D eigenvalue weighted by atomic mass is 32.2. The molecule has 0 unspecified atom stereocenters. The molecule has 1 aliphatic rings. The fourth-order valence-electron chi connectivity index (χ4n) is 3.98. The quantitative estimate of drug-likeness (QED) is 0.385. The molecule has 0 radical (unpaired) electrons. The Morgan fingerprint density at radius 3 is 2.54 bits per heavy atom. The van der Waals surface area contributed by atoms with Crippen LogP contribution in [0.1, 0.15) is 28.3 Å². The summed E-state index contributed by atoms with van der Waals surface area (Å²) in [4.78, 5) is 4.69. The zero-order chi connectivity index (χ0) is 24.4. The van der Waals surface area contributed by atoms with Crippen LogP contribution < -0.4 is 10.5 Å². The van der Waals surface area contributed by atoms with E-state index in [2.05, 4.69) is 22.3 Å². The van der Waals surface area contributed by atoms with Gasteiger partial charge in [-0.2, -0.15) is 10.5 Å². The minimum Gasteiger partial charge on any atom is -0.420 e. The monoisotopic (exact) mass is 480 g/mol. The van der Waals surface area contributed by atoms with Crippen molar-refractivity contribution < 1.29 is 9.13 Å². The minimum atomic E-state index is -0.779. The Morgan fingerprint density at radius 2 is 1.80 bits per heavy atom. The Kier molecular flexibility index (Phi) is 5.92. The molecule has 3 N–H and O–H groups in total. The number of thioether (sulfide) groups is 1. The highest BCUT2D eigenvalue weighted by Crippen LogP contribution is 2.44. The van der Waals surface area contributed by atoms with Crippen molar-refractivity contribution >= 4 is 11.8 Å². The second-order valence-electron chi connectivity index (χ2n) is 7.68. The van der Waals surface area contributed by atoms with E-state index in [-0.39, 0.29) is 17.3 Å². The van der Waals surface area contributed by atoms with Crippen LogP contribution in [0.2, 0.25) is 0 Å². The third-order valence-electron chi connectivity index (χ3n) is 5.64. The first-order valence-corrected chi connectivity index (χ1v) is 11.6. The van der Waals surface area contributed by atoms with Gasteiger partial charge in [0.05, 0.1) is 28.4 Å². The molecule has 0 amide bonds. The second kappa shape index (κ2) is 9.34.